The number of nitrogens with zero attached hydrogens (tertiary/aromatic N) is 2. The second kappa shape index (κ2) is 5.54. The number of thiophene rings is 1. The predicted molar refractivity (Wildman–Crippen MR) is 82.3 cm³/mol. The summed E-state index contributed by atoms with van der Waals surface area (Å²) in [7, 11) is -3.69. The normalized spacial score (nSPS) is 18.8. The van der Waals surface area contributed by atoms with Crippen LogP contribution in [-0.4, -0.2) is 36.3 Å². The SMILES string of the molecule is CCNc1sc(S(=O)(=O)N2CCCC2(C)C)cc1[N+](=O)[O-]. The summed E-state index contributed by atoms with van der Waals surface area (Å²) in [6, 6.07) is 1.16. The van der Waals surface area contributed by atoms with Gasteiger partial charge in [-0.3, -0.25) is 10.1 Å². The summed E-state index contributed by atoms with van der Waals surface area (Å²) >= 11 is 0.925. The Kier molecular flexibility index (Phi) is 4.27. The average molecular weight is 333 g/mol. The lowest BCUT2D eigenvalue weighted by atomic mass is 10.0. The van der Waals surface area contributed by atoms with E-state index in [1.54, 1.807) is 6.92 Å². The van der Waals surface area contributed by atoms with Crippen molar-refractivity contribution in [2.45, 2.75) is 43.4 Å². The highest BCUT2D eigenvalue weighted by atomic mass is 32.2. The van der Waals surface area contributed by atoms with Crippen LogP contribution in [0.2, 0.25) is 0 Å². The van der Waals surface area contributed by atoms with Gasteiger partial charge < -0.3 is 5.32 Å². The van der Waals surface area contributed by atoms with Crippen LogP contribution in [0.15, 0.2) is 10.3 Å². The van der Waals surface area contributed by atoms with Crippen LogP contribution in [0.25, 0.3) is 0 Å². The Balaban J connectivity index is 2.46. The Morgan fingerprint density at radius 1 is 1.52 bits per heavy atom. The Morgan fingerprint density at radius 2 is 2.19 bits per heavy atom. The van der Waals surface area contributed by atoms with Crippen molar-refractivity contribution in [1.29, 1.82) is 0 Å². The van der Waals surface area contributed by atoms with Crippen LogP contribution in [0, 0.1) is 10.1 Å². The van der Waals surface area contributed by atoms with Gasteiger partial charge in [0.1, 0.15) is 4.21 Å². The highest BCUT2D eigenvalue weighted by molar-refractivity contribution is 7.91. The number of nitrogens with one attached hydrogen (secondary N) is 1. The van der Waals surface area contributed by atoms with Crippen LogP contribution in [0.4, 0.5) is 10.7 Å². The molecule has 0 spiro atoms. The minimum atomic E-state index is -3.69. The number of sulfonamides is 1. The topological polar surface area (TPSA) is 92.6 Å². The maximum Gasteiger partial charge on any atom is 0.304 e. The first kappa shape index (κ1) is 16.2. The zero-order valence-corrected chi connectivity index (χ0v) is 13.9. The van der Waals surface area contributed by atoms with E-state index in [-0.39, 0.29) is 14.9 Å². The number of hydrogen-bond donors (Lipinski definition) is 1. The van der Waals surface area contributed by atoms with Crippen molar-refractivity contribution in [1.82, 2.24) is 4.31 Å². The first-order valence-corrected chi connectivity index (χ1v) is 9.00. The molecule has 0 aromatic carbocycles. The average Bonchev–Trinajstić information content (AvgIpc) is 2.93. The highest BCUT2D eigenvalue weighted by Crippen LogP contribution is 2.41. The minimum Gasteiger partial charge on any atom is -0.372 e. The lowest BCUT2D eigenvalue weighted by molar-refractivity contribution is -0.383. The van der Waals surface area contributed by atoms with Crippen molar-refractivity contribution in [2.75, 3.05) is 18.4 Å². The third-order valence-corrected chi connectivity index (χ3v) is 7.24. The van der Waals surface area contributed by atoms with E-state index in [1.165, 1.54) is 4.31 Å². The maximum atomic E-state index is 12.7. The van der Waals surface area contributed by atoms with Gasteiger partial charge in [0, 0.05) is 24.7 Å². The minimum absolute atomic E-state index is 0.0279. The van der Waals surface area contributed by atoms with E-state index in [2.05, 4.69) is 5.32 Å². The molecule has 21 heavy (non-hydrogen) atoms. The predicted octanol–water partition coefficient (Wildman–Crippen LogP) is 2.65. The molecule has 1 aliphatic rings. The van der Waals surface area contributed by atoms with E-state index in [4.69, 9.17) is 0 Å². The van der Waals surface area contributed by atoms with Gasteiger partial charge in [-0.2, -0.15) is 4.31 Å². The van der Waals surface area contributed by atoms with Gasteiger partial charge in [0.15, 0.2) is 5.00 Å². The molecule has 0 atom stereocenters. The fourth-order valence-corrected chi connectivity index (χ4v) is 5.90. The number of rotatable bonds is 5. The molecule has 1 saturated heterocycles. The van der Waals surface area contributed by atoms with Crippen LogP contribution in [0.3, 0.4) is 0 Å². The summed E-state index contributed by atoms with van der Waals surface area (Å²) in [5.41, 5.74) is -0.631. The summed E-state index contributed by atoms with van der Waals surface area (Å²) in [6.07, 6.45) is 1.60. The van der Waals surface area contributed by atoms with Crippen molar-refractivity contribution in [3.8, 4) is 0 Å². The van der Waals surface area contributed by atoms with E-state index in [0.29, 0.717) is 13.1 Å². The van der Waals surface area contributed by atoms with Crippen molar-refractivity contribution in [3.63, 3.8) is 0 Å². The molecule has 0 radical (unpaired) electrons. The molecule has 2 rings (SSSR count). The lowest BCUT2D eigenvalue weighted by Crippen LogP contribution is -2.42. The van der Waals surface area contributed by atoms with Gasteiger partial charge in [0.2, 0.25) is 0 Å². The van der Waals surface area contributed by atoms with Gasteiger partial charge in [0.05, 0.1) is 4.92 Å². The fourth-order valence-electron chi connectivity index (χ4n) is 2.55. The molecular weight excluding hydrogens is 314 g/mol. The number of anilines is 1. The third kappa shape index (κ3) is 2.90. The molecule has 2 heterocycles. The largest absolute Gasteiger partial charge is 0.372 e. The molecule has 0 aliphatic carbocycles. The summed E-state index contributed by atoms with van der Waals surface area (Å²) < 4.78 is 26.9. The van der Waals surface area contributed by atoms with Crippen molar-refractivity contribution in [3.05, 3.63) is 16.2 Å². The first-order valence-electron chi connectivity index (χ1n) is 6.75. The molecule has 118 valence electrons. The third-order valence-electron chi connectivity index (χ3n) is 3.59. The van der Waals surface area contributed by atoms with Crippen molar-refractivity contribution in [2.24, 2.45) is 0 Å². The van der Waals surface area contributed by atoms with E-state index in [1.807, 2.05) is 13.8 Å². The van der Waals surface area contributed by atoms with E-state index >= 15 is 0 Å². The quantitative estimate of drug-likeness (QED) is 0.660. The second-order valence-electron chi connectivity index (χ2n) is 5.56. The Bertz CT molecular complexity index is 651. The van der Waals surface area contributed by atoms with Gasteiger partial charge in [0.25, 0.3) is 10.0 Å². The standard InChI is InChI=1S/C12H19N3O4S2/c1-4-13-11-9(15(16)17)8-10(20-11)21(18,19)14-7-5-6-12(14,2)3/h8,13H,4-7H2,1-3H3. The molecular formula is C12H19N3O4S2. The monoisotopic (exact) mass is 333 g/mol. The molecule has 1 aromatic rings. The van der Waals surface area contributed by atoms with Crippen LogP contribution < -0.4 is 5.32 Å². The molecule has 0 unspecified atom stereocenters. The number of nitro groups is 1. The molecule has 0 amide bonds. The lowest BCUT2D eigenvalue weighted by Gasteiger charge is -2.29. The van der Waals surface area contributed by atoms with Gasteiger partial charge in [-0.15, -0.1) is 0 Å². The van der Waals surface area contributed by atoms with Crippen molar-refractivity contribution >= 4 is 32.0 Å². The van der Waals surface area contributed by atoms with Crippen LogP contribution >= 0.6 is 11.3 Å². The Hall–Kier alpha value is -1.19. The van der Waals surface area contributed by atoms with Crippen LogP contribution in [0.5, 0.6) is 0 Å². The zero-order chi connectivity index (χ0) is 15.8. The van der Waals surface area contributed by atoms with Crippen molar-refractivity contribution < 1.29 is 13.3 Å². The van der Waals surface area contributed by atoms with Gasteiger partial charge in [-0.05, 0) is 33.6 Å². The number of hydrogen-bond acceptors (Lipinski definition) is 6. The van der Waals surface area contributed by atoms with Crippen LogP contribution in [0.1, 0.15) is 33.6 Å². The van der Waals surface area contributed by atoms with E-state index < -0.39 is 20.5 Å². The molecule has 1 N–H and O–H groups in total. The summed E-state index contributed by atoms with van der Waals surface area (Å²) in [5, 5.41) is 14.2. The summed E-state index contributed by atoms with van der Waals surface area (Å²) in [6.45, 7) is 6.52. The molecule has 0 bridgehead atoms. The smallest absolute Gasteiger partial charge is 0.304 e. The molecule has 1 fully saturated rings. The van der Waals surface area contributed by atoms with E-state index in [9.17, 15) is 18.5 Å². The fraction of sp³-hybridized carbons (Fsp3) is 0.667. The summed E-state index contributed by atoms with van der Waals surface area (Å²) in [5.74, 6) is 0. The Labute approximate surface area is 128 Å². The first-order chi connectivity index (χ1) is 9.70. The molecule has 7 nitrogen and oxygen atoms in total. The van der Waals surface area contributed by atoms with E-state index in [0.717, 1.165) is 30.2 Å². The molecule has 1 aliphatic heterocycles. The Morgan fingerprint density at radius 3 is 2.67 bits per heavy atom. The van der Waals surface area contributed by atoms with Gasteiger partial charge >= 0.3 is 5.69 Å². The molecule has 9 heteroatoms. The summed E-state index contributed by atoms with van der Waals surface area (Å²) in [4.78, 5) is 10.5. The van der Waals surface area contributed by atoms with Gasteiger partial charge in [-0.25, -0.2) is 8.42 Å². The second-order valence-corrected chi connectivity index (χ2v) is 8.70. The highest BCUT2D eigenvalue weighted by Gasteiger charge is 2.42. The molecule has 1 aromatic heterocycles. The van der Waals surface area contributed by atoms with Gasteiger partial charge in [-0.1, -0.05) is 11.3 Å². The zero-order valence-electron chi connectivity index (χ0n) is 12.2. The van der Waals surface area contributed by atoms with Crippen LogP contribution in [-0.2, 0) is 10.0 Å². The maximum absolute atomic E-state index is 12.7. The molecule has 0 saturated carbocycles.